The van der Waals surface area contributed by atoms with Gasteiger partial charge in [0.1, 0.15) is 5.82 Å². The third-order valence-electron chi connectivity index (χ3n) is 3.51. The predicted octanol–water partition coefficient (Wildman–Crippen LogP) is 1.46. The number of nitrogens with zero attached hydrogens (tertiary/aromatic N) is 2. The predicted molar refractivity (Wildman–Crippen MR) is 76.6 cm³/mol. The monoisotopic (exact) mass is 314 g/mol. The van der Waals surface area contributed by atoms with E-state index in [1.165, 1.54) is 16.4 Å². The van der Waals surface area contributed by atoms with E-state index in [1.807, 2.05) is 6.92 Å². The van der Waals surface area contributed by atoms with E-state index in [4.69, 9.17) is 0 Å². The van der Waals surface area contributed by atoms with Crippen molar-refractivity contribution >= 4 is 15.9 Å². The van der Waals surface area contributed by atoms with Crippen molar-refractivity contribution in [2.75, 3.05) is 26.2 Å². The summed E-state index contributed by atoms with van der Waals surface area (Å²) < 4.78 is 39.0. The highest BCUT2D eigenvalue weighted by molar-refractivity contribution is 7.89. The highest BCUT2D eigenvalue weighted by atomic mass is 32.2. The van der Waals surface area contributed by atoms with Crippen LogP contribution in [0, 0.1) is 5.82 Å². The number of sulfonamides is 1. The normalized spacial score (nSPS) is 17.0. The molecule has 0 aromatic heterocycles. The molecule has 0 atom stereocenters. The fraction of sp³-hybridized carbons (Fsp3) is 0.500. The molecule has 1 aromatic carbocycles. The highest BCUT2D eigenvalue weighted by Crippen LogP contribution is 2.18. The molecule has 0 radical (unpaired) electrons. The van der Waals surface area contributed by atoms with Crippen molar-refractivity contribution < 1.29 is 17.6 Å². The van der Waals surface area contributed by atoms with Gasteiger partial charge in [0.15, 0.2) is 0 Å². The number of carbonyl (C=O) groups is 1. The van der Waals surface area contributed by atoms with E-state index in [1.54, 1.807) is 4.90 Å². The van der Waals surface area contributed by atoms with E-state index in [0.717, 1.165) is 18.6 Å². The fourth-order valence-electron chi connectivity index (χ4n) is 2.31. The average molecular weight is 314 g/mol. The van der Waals surface area contributed by atoms with Crippen LogP contribution in [0.1, 0.15) is 19.8 Å². The first-order chi connectivity index (χ1) is 9.95. The Hall–Kier alpha value is -1.47. The molecule has 7 heteroatoms. The molecule has 21 heavy (non-hydrogen) atoms. The van der Waals surface area contributed by atoms with Crippen LogP contribution in [0.2, 0.25) is 0 Å². The summed E-state index contributed by atoms with van der Waals surface area (Å²) in [4.78, 5) is 13.6. The van der Waals surface area contributed by atoms with Crippen LogP contribution < -0.4 is 0 Å². The number of rotatable bonds is 4. The first-order valence-corrected chi connectivity index (χ1v) is 8.42. The second-order valence-electron chi connectivity index (χ2n) is 4.99. The maximum atomic E-state index is 12.9. The molecule has 1 heterocycles. The van der Waals surface area contributed by atoms with Crippen molar-refractivity contribution in [3.8, 4) is 0 Å². The molecule has 0 aliphatic carbocycles. The largest absolute Gasteiger partial charge is 0.340 e. The SMILES string of the molecule is CCCC(=O)N1CCN(S(=O)(=O)c2ccc(F)cc2)CC1. The molecule has 0 saturated carbocycles. The Labute approximate surface area is 124 Å². The molecule has 0 unspecified atom stereocenters. The zero-order valence-electron chi connectivity index (χ0n) is 12.0. The van der Waals surface area contributed by atoms with Gasteiger partial charge in [-0.15, -0.1) is 0 Å². The second kappa shape index (κ2) is 6.53. The first-order valence-electron chi connectivity index (χ1n) is 6.98. The van der Waals surface area contributed by atoms with Crippen LogP contribution in [0.3, 0.4) is 0 Å². The van der Waals surface area contributed by atoms with Crippen molar-refractivity contribution in [1.82, 2.24) is 9.21 Å². The van der Waals surface area contributed by atoms with Crippen molar-refractivity contribution in [3.05, 3.63) is 30.1 Å². The van der Waals surface area contributed by atoms with Crippen LogP contribution in [-0.2, 0) is 14.8 Å². The van der Waals surface area contributed by atoms with Crippen LogP contribution in [0.25, 0.3) is 0 Å². The molecule has 1 saturated heterocycles. The first kappa shape index (κ1) is 15.9. The number of piperazine rings is 1. The van der Waals surface area contributed by atoms with E-state index in [-0.39, 0.29) is 23.9 Å². The maximum Gasteiger partial charge on any atom is 0.243 e. The molecule has 0 N–H and O–H groups in total. The van der Waals surface area contributed by atoms with Crippen LogP contribution in [0.5, 0.6) is 0 Å². The summed E-state index contributed by atoms with van der Waals surface area (Å²) in [6.07, 6.45) is 1.28. The molecule has 1 amide bonds. The summed E-state index contributed by atoms with van der Waals surface area (Å²) in [5.74, 6) is -0.403. The van der Waals surface area contributed by atoms with Gasteiger partial charge in [-0.05, 0) is 30.7 Å². The van der Waals surface area contributed by atoms with Crippen LogP contribution in [0.15, 0.2) is 29.2 Å². The van der Waals surface area contributed by atoms with E-state index in [0.29, 0.717) is 19.5 Å². The molecule has 1 aromatic rings. The van der Waals surface area contributed by atoms with Crippen LogP contribution in [-0.4, -0.2) is 49.7 Å². The van der Waals surface area contributed by atoms with Gasteiger partial charge in [-0.1, -0.05) is 6.92 Å². The van der Waals surface area contributed by atoms with E-state index >= 15 is 0 Å². The number of hydrogen-bond donors (Lipinski definition) is 0. The number of benzene rings is 1. The molecule has 1 fully saturated rings. The standard InChI is InChI=1S/C14H19FN2O3S/c1-2-3-14(18)16-8-10-17(11-9-16)21(19,20)13-6-4-12(15)5-7-13/h4-7H,2-3,8-11H2,1H3. The Bertz CT molecular complexity index is 593. The minimum Gasteiger partial charge on any atom is -0.340 e. The third kappa shape index (κ3) is 3.59. The molecule has 1 aliphatic heterocycles. The maximum absolute atomic E-state index is 12.9. The topological polar surface area (TPSA) is 57.7 Å². The Balaban J connectivity index is 2.04. The Morgan fingerprint density at radius 1 is 1.14 bits per heavy atom. The molecule has 2 rings (SSSR count). The van der Waals surface area contributed by atoms with E-state index < -0.39 is 15.8 Å². The summed E-state index contributed by atoms with van der Waals surface area (Å²) in [5, 5.41) is 0. The molecular weight excluding hydrogens is 295 g/mol. The van der Waals surface area contributed by atoms with Crippen LogP contribution in [0.4, 0.5) is 4.39 Å². The summed E-state index contributed by atoms with van der Waals surface area (Å²) in [7, 11) is -3.61. The van der Waals surface area contributed by atoms with Gasteiger partial charge in [0.2, 0.25) is 15.9 Å². The van der Waals surface area contributed by atoms with Gasteiger partial charge in [-0.25, -0.2) is 12.8 Å². The van der Waals surface area contributed by atoms with Gasteiger partial charge in [0, 0.05) is 32.6 Å². The summed E-state index contributed by atoms with van der Waals surface area (Å²) >= 11 is 0. The lowest BCUT2D eigenvalue weighted by Crippen LogP contribution is -2.50. The van der Waals surface area contributed by atoms with Crippen LogP contribution >= 0.6 is 0 Å². The average Bonchev–Trinajstić information content (AvgIpc) is 2.48. The smallest absolute Gasteiger partial charge is 0.243 e. The van der Waals surface area contributed by atoms with Gasteiger partial charge in [-0.2, -0.15) is 4.31 Å². The van der Waals surface area contributed by atoms with Gasteiger partial charge in [0.05, 0.1) is 4.90 Å². The van der Waals surface area contributed by atoms with Gasteiger partial charge in [0.25, 0.3) is 0 Å². The molecule has 0 bridgehead atoms. The minimum absolute atomic E-state index is 0.0660. The van der Waals surface area contributed by atoms with Crippen molar-refractivity contribution in [2.45, 2.75) is 24.7 Å². The van der Waals surface area contributed by atoms with Gasteiger partial charge < -0.3 is 4.90 Å². The zero-order chi connectivity index (χ0) is 15.5. The number of halogens is 1. The second-order valence-corrected chi connectivity index (χ2v) is 6.93. The summed E-state index contributed by atoms with van der Waals surface area (Å²) in [6.45, 7) is 3.29. The number of carbonyl (C=O) groups excluding carboxylic acids is 1. The van der Waals surface area contributed by atoms with Crippen molar-refractivity contribution in [3.63, 3.8) is 0 Å². The molecule has 5 nitrogen and oxygen atoms in total. The van der Waals surface area contributed by atoms with E-state index in [9.17, 15) is 17.6 Å². The Morgan fingerprint density at radius 2 is 1.71 bits per heavy atom. The summed E-state index contributed by atoms with van der Waals surface area (Å²) in [5.41, 5.74) is 0. The van der Waals surface area contributed by atoms with Gasteiger partial charge >= 0.3 is 0 Å². The minimum atomic E-state index is -3.61. The van der Waals surface area contributed by atoms with E-state index in [2.05, 4.69) is 0 Å². The lowest BCUT2D eigenvalue weighted by Gasteiger charge is -2.34. The Kier molecular flexibility index (Phi) is 4.95. The van der Waals surface area contributed by atoms with Gasteiger partial charge in [-0.3, -0.25) is 4.79 Å². The third-order valence-corrected chi connectivity index (χ3v) is 5.42. The molecule has 0 spiro atoms. The number of hydrogen-bond acceptors (Lipinski definition) is 3. The number of amides is 1. The quantitative estimate of drug-likeness (QED) is 0.845. The van der Waals surface area contributed by atoms with Crippen molar-refractivity contribution in [1.29, 1.82) is 0 Å². The molecule has 1 aliphatic rings. The lowest BCUT2D eigenvalue weighted by atomic mass is 10.2. The molecular formula is C14H19FN2O3S. The molecule has 116 valence electrons. The Morgan fingerprint density at radius 3 is 2.24 bits per heavy atom. The highest BCUT2D eigenvalue weighted by Gasteiger charge is 2.29. The van der Waals surface area contributed by atoms with Crippen molar-refractivity contribution in [2.24, 2.45) is 0 Å². The summed E-state index contributed by atoms with van der Waals surface area (Å²) in [6, 6.07) is 4.79. The zero-order valence-corrected chi connectivity index (χ0v) is 12.8. The fourth-order valence-corrected chi connectivity index (χ4v) is 3.73. The lowest BCUT2D eigenvalue weighted by molar-refractivity contribution is -0.132.